The summed E-state index contributed by atoms with van der Waals surface area (Å²) in [6.45, 7) is 3.19. The second-order valence-corrected chi connectivity index (χ2v) is 9.58. The van der Waals surface area contributed by atoms with Gasteiger partial charge in [0.05, 0.1) is 12.8 Å². The Morgan fingerprint density at radius 3 is 2.49 bits per heavy atom. The SMILES string of the molecule is CCC(=O)N(c1ccc(S(=O)(=O)Nc2ccon2)cn1)c1cc(F)c(-c2ccc(F)c(C)c2)cc1OC. The summed E-state index contributed by atoms with van der Waals surface area (Å²) in [5.41, 5.74) is 1.00. The minimum absolute atomic E-state index is 0.0106. The molecule has 37 heavy (non-hydrogen) atoms. The van der Waals surface area contributed by atoms with Gasteiger partial charge in [-0.05, 0) is 48.4 Å². The number of benzene rings is 2. The number of methoxy groups -OCH3 is 1. The first-order valence-electron chi connectivity index (χ1n) is 11.0. The van der Waals surface area contributed by atoms with E-state index in [1.807, 2.05) is 0 Å². The number of carbonyl (C=O) groups excluding carboxylic acids is 1. The Morgan fingerprint density at radius 2 is 1.89 bits per heavy atom. The highest BCUT2D eigenvalue weighted by atomic mass is 32.2. The standard InChI is InChI=1S/C25H22F2N4O5S/c1-4-25(32)31(24-8-6-17(14-28-24)37(33,34)30-23-9-10-36-29-23)21-13-20(27)18(12-22(21)35-3)16-5-7-19(26)15(2)11-16/h5-14H,4H2,1-3H3,(H,29,30). The van der Waals surface area contributed by atoms with Crippen LogP contribution in [0.15, 0.2) is 70.4 Å². The van der Waals surface area contributed by atoms with Gasteiger partial charge in [0.15, 0.2) is 5.82 Å². The third-order valence-electron chi connectivity index (χ3n) is 5.47. The Labute approximate surface area is 211 Å². The summed E-state index contributed by atoms with van der Waals surface area (Å²) in [6, 6.07) is 10.6. The lowest BCUT2D eigenvalue weighted by Crippen LogP contribution is -2.26. The monoisotopic (exact) mass is 528 g/mol. The first kappa shape index (κ1) is 25.8. The van der Waals surface area contributed by atoms with E-state index in [2.05, 4.69) is 19.4 Å². The zero-order chi connectivity index (χ0) is 26.7. The molecule has 2 heterocycles. The molecule has 0 bridgehead atoms. The second kappa shape index (κ2) is 10.3. The highest BCUT2D eigenvalue weighted by Crippen LogP contribution is 2.39. The van der Waals surface area contributed by atoms with Crippen LogP contribution in [0.4, 0.5) is 26.1 Å². The number of hydrogen-bond acceptors (Lipinski definition) is 7. The molecule has 1 amide bonds. The van der Waals surface area contributed by atoms with Crippen molar-refractivity contribution in [3.05, 3.63) is 78.2 Å². The zero-order valence-electron chi connectivity index (χ0n) is 20.0. The van der Waals surface area contributed by atoms with Crippen molar-refractivity contribution < 1.29 is 31.3 Å². The molecule has 12 heteroatoms. The van der Waals surface area contributed by atoms with Crippen LogP contribution in [0.3, 0.4) is 0 Å². The summed E-state index contributed by atoms with van der Waals surface area (Å²) in [5, 5.41) is 3.51. The van der Waals surface area contributed by atoms with Crippen LogP contribution in [-0.2, 0) is 14.8 Å². The normalized spacial score (nSPS) is 11.3. The van der Waals surface area contributed by atoms with Crippen molar-refractivity contribution in [2.45, 2.75) is 25.2 Å². The number of aryl methyl sites for hydroxylation is 1. The van der Waals surface area contributed by atoms with Crippen LogP contribution in [0.1, 0.15) is 18.9 Å². The minimum Gasteiger partial charge on any atom is -0.495 e. The maximum Gasteiger partial charge on any atom is 0.264 e. The average molecular weight is 529 g/mol. The van der Waals surface area contributed by atoms with Gasteiger partial charge in [-0.25, -0.2) is 22.2 Å². The van der Waals surface area contributed by atoms with Crippen LogP contribution in [0.25, 0.3) is 11.1 Å². The van der Waals surface area contributed by atoms with Gasteiger partial charge in [0.25, 0.3) is 10.0 Å². The Bertz CT molecular complexity index is 1540. The Balaban J connectivity index is 1.75. The molecule has 0 aliphatic carbocycles. The van der Waals surface area contributed by atoms with Crippen molar-refractivity contribution in [1.82, 2.24) is 10.1 Å². The van der Waals surface area contributed by atoms with E-state index in [1.54, 1.807) is 13.8 Å². The van der Waals surface area contributed by atoms with Crippen molar-refractivity contribution in [3.8, 4) is 16.9 Å². The summed E-state index contributed by atoms with van der Waals surface area (Å²) in [7, 11) is -2.66. The largest absolute Gasteiger partial charge is 0.495 e. The fraction of sp³-hybridized carbons (Fsp3) is 0.160. The van der Waals surface area contributed by atoms with Gasteiger partial charge in [-0.2, -0.15) is 0 Å². The molecule has 4 aromatic rings. The van der Waals surface area contributed by atoms with E-state index >= 15 is 4.39 Å². The van der Waals surface area contributed by atoms with E-state index in [-0.39, 0.29) is 40.0 Å². The number of hydrogen-bond donors (Lipinski definition) is 1. The third-order valence-corrected chi connectivity index (χ3v) is 6.81. The number of halogens is 2. The molecule has 2 aromatic heterocycles. The molecule has 0 saturated carbocycles. The number of pyridine rings is 1. The fourth-order valence-corrected chi connectivity index (χ4v) is 4.52. The van der Waals surface area contributed by atoms with Crippen LogP contribution in [0.2, 0.25) is 0 Å². The molecule has 192 valence electrons. The molecule has 0 spiro atoms. The van der Waals surface area contributed by atoms with Gasteiger partial charge in [0.1, 0.15) is 34.4 Å². The Hall–Kier alpha value is -4.32. The molecule has 1 N–H and O–H groups in total. The second-order valence-electron chi connectivity index (χ2n) is 7.89. The summed E-state index contributed by atoms with van der Waals surface area (Å²) >= 11 is 0. The lowest BCUT2D eigenvalue weighted by atomic mass is 10.0. The van der Waals surface area contributed by atoms with E-state index in [1.165, 1.54) is 55.8 Å². The number of anilines is 3. The molecule has 0 aliphatic heterocycles. The molecule has 0 unspecified atom stereocenters. The van der Waals surface area contributed by atoms with Crippen molar-refractivity contribution >= 4 is 33.3 Å². The lowest BCUT2D eigenvalue weighted by Gasteiger charge is -2.24. The summed E-state index contributed by atoms with van der Waals surface area (Å²) < 4.78 is 66.6. The number of amides is 1. The molecule has 9 nitrogen and oxygen atoms in total. The van der Waals surface area contributed by atoms with Gasteiger partial charge in [-0.3, -0.25) is 14.4 Å². The van der Waals surface area contributed by atoms with Crippen molar-refractivity contribution in [2.75, 3.05) is 16.7 Å². The third kappa shape index (κ3) is 5.28. The van der Waals surface area contributed by atoms with Crippen LogP contribution in [-0.4, -0.2) is 31.6 Å². The quantitative estimate of drug-likeness (QED) is 0.334. The van der Waals surface area contributed by atoms with E-state index in [9.17, 15) is 17.6 Å². The molecule has 0 aliphatic rings. The van der Waals surface area contributed by atoms with Gasteiger partial charge in [0.2, 0.25) is 5.91 Å². The summed E-state index contributed by atoms with van der Waals surface area (Å²) in [5.74, 6) is -1.33. The first-order valence-corrected chi connectivity index (χ1v) is 12.5. The van der Waals surface area contributed by atoms with Crippen molar-refractivity contribution in [3.63, 3.8) is 0 Å². The topological polar surface area (TPSA) is 115 Å². The fourth-order valence-electron chi connectivity index (χ4n) is 3.58. The number of nitrogens with zero attached hydrogens (tertiary/aromatic N) is 3. The predicted molar refractivity (Wildman–Crippen MR) is 132 cm³/mol. The smallest absolute Gasteiger partial charge is 0.264 e. The number of sulfonamides is 1. The van der Waals surface area contributed by atoms with Gasteiger partial charge in [-0.15, -0.1) is 0 Å². The van der Waals surface area contributed by atoms with Gasteiger partial charge >= 0.3 is 0 Å². The van der Waals surface area contributed by atoms with Crippen molar-refractivity contribution in [2.24, 2.45) is 0 Å². The molecular weight excluding hydrogens is 506 g/mol. The molecular formula is C25H22F2N4O5S. The predicted octanol–water partition coefficient (Wildman–Crippen LogP) is 5.21. The minimum atomic E-state index is -4.03. The van der Waals surface area contributed by atoms with Gasteiger partial charge in [-0.1, -0.05) is 18.1 Å². The Morgan fingerprint density at radius 1 is 1.11 bits per heavy atom. The van der Waals surface area contributed by atoms with E-state index in [0.29, 0.717) is 11.1 Å². The highest BCUT2D eigenvalue weighted by Gasteiger charge is 2.25. The molecule has 4 rings (SSSR count). The molecule has 2 aromatic carbocycles. The van der Waals surface area contributed by atoms with Crippen LogP contribution < -0.4 is 14.4 Å². The number of rotatable bonds is 8. The van der Waals surface area contributed by atoms with Crippen LogP contribution >= 0.6 is 0 Å². The molecule has 0 fully saturated rings. The number of aromatic nitrogens is 2. The first-order chi connectivity index (χ1) is 17.6. The van der Waals surface area contributed by atoms with E-state index in [4.69, 9.17) is 4.74 Å². The summed E-state index contributed by atoms with van der Waals surface area (Å²) in [4.78, 5) is 18.0. The number of nitrogens with one attached hydrogen (secondary N) is 1. The van der Waals surface area contributed by atoms with Crippen LogP contribution in [0, 0.1) is 18.6 Å². The number of ether oxygens (including phenoxy) is 1. The molecule has 0 saturated heterocycles. The van der Waals surface area contributed by atoms with Crippen molar-refractivity contribution in [1.29, 1.82) is 0 Å². The lowest BCUT2D eigenvalue weighted by molar-refractivity contribution is -0.117. The Kier molecular flexibility index (Phi) is 7.21. The van der Waals surface area contributed by atoms with E-state index in [0.717, 1.165) is 17.2 Å². The van der Waals surface area contributed by atoms with Gasteiger partial charge < -0.3 is 9.26 Å². The molecule has 0 radical (unpaired) electrons. The number of carbonyl (C=O) groups is 1. The van der Waals surface area contributed by atoms with E-state index < -0.39 is 27.6 Å². The van der Waals surface area contributed by atoms with Crippen LogP contribution in [0.5, 0.6) is 5.75 Å². The maximum atomic E-state index is 15.3. The average Bonchev–Trinajstić information content (AvgIpc) is 3.38. The van der Waals surface area contributed by atoms with Gasteiger partial charge in [0, 0.05) is 30.3 Å². The maximum absolute atomic E-state index is 15.3. The molecule has 0 atom stereocenters. The summed E-state index contributed by atoms with van der Waals surface area (Å²) in [6.07, 6.45) is 2.31. The zero-order valence-corrected chi connectivity index (χ0v) is 20.8. The highest BCUT2D eigenvalue weighted by molar-refractivity contribution is 7.92.